The lowest BCUT2D eigenvalue weighted by atomic mass is 10.3. The highest BCUT2D eigenvalue weighted by Gasteiger charge is 2.12. The Bertz CT molecular complexity index is 277. The van der Waals surface area contributed by atoms with Crippen LogP contribution in [0.5, 0.6) is 5.75 Å². The standard InChI is InChI=1S/C6H4Cl2FNO/c7-2-1-3(10)4(8)5(9)6(2)11/h1,11H,10H2. The molecule has 2 nitrogen and oxygen atoms in total. The molecule has 0 saturated carbocycles. The molecule has 5 heteroatoms. The van der Waals surface area contributed by atoms with Crippen LogP contribution in [0.25, 0.3) is 0 Å². The molecule has 0 spiro atoms. The lowest BCUT2D eigenvalue weighted by Gasteiger charge is -2.02. The van der Waals surface area contributed by atoms with Crippen molar-refractivity contribution < 1.29 is 9.50 Å². The normalized spacial score (nSPS) is 10.1. The van der Waals surface area contributed by atoms with Gasteiger partial charge < -0.3 is 10.8 Å². The van der Waals surface area contributed by atoms with Gasteiger partial charge in [-0.2, -0.15) is 0 Å². The minimum absolute atomic E-state index is 0.00645. The van der Waals surface area contributed by atoms with Crippen LogP contribution in [0.4, 0.5) is 10.1 Å². The fraction of sp³-hybridized carbons (Fsp3) is 0. The number of nitrogens with two attached hydrogens (primary N) is 1. The summed E-state index contributed by atoms with van der Waals surface area (Å²) in [6, 6.07) is 1.18. The lowest BCUT2D eigenvalue weighted by Crippen LogP contribution is -1.90. The van der Waals surface area contributed by atoms with Gasteiger partial charge in [0.1, 0.15) is 5.02 Å². The summed E-state index contributed by atoms with van der Waals surface area (Å²) in [5, 5.41) is 8.40. The molecule has 3 N–H and O–H groups in total. The summed E-state index contributed by atoms with van der Waals surface area (Å²) in [6.07, 6.45) is 0. The third-order valence-electron chi connectivity index (χ3n) is 1.16. The summed E-state index contributed by atoms with van der Waals surface area (Å²) >= 11 is 10.7. The van der Waals surface area contributed by atoms with Gasteiger partial charge in [-0.15, -0.1) is 0 Å². The molecule has 0 bridgehead atoms. The second kappa shape index (κ2) is 2.75. The first-order chi connectivity index (χ1) is 5.04. The fourth-order valence-electron chi connectivity index (χ4n) is 0.604. The Kier molecular flexibility index (Phi) is 2.11. The second-order valence-corrected chi connectivity index (χ2v) is 2.71. The van der Waals surface area contributed by atoms with E-state index >= 15 is 0 Å². The van der Waals surface area contributed by atoms with Crippen molar-refractivity contribution in [1.29, 1.82) is 0 Å². The highest BCUT2D eigenvalue weighted by Crippen LogP contribution is 2.35. The van der Waals surface area contributed by atoms with Crippen LogP contribution < -0.4 is 5.73 Å². The molecule has 11 heavy (non-hydrogen) atoms. The van der Waals surface area contributed by atoms with Gasteiger partial charge in [0.25, 0.3) is 0 Å². The molecule has 0 aliphatic rings. The maximum atomic E-state index is 12.7. The van der Waals surface area contributed by atoms with Crippen LogP contribution >= 0.6 is 23.2 Å². The van der Waals surface area contributed by atoms with Gasteiger partial charge in [0, 0.05) is 0 Å². The van der Waals surface area contributed by atoms with E-state index in [1.54, 1.807) is 0 Å². The first kappa shape index (κ1) is 8.43. The molecule has 0 amide bonds. The number of rotatable bonds is 0. The van der Waals surface area contributed by atoms with Crippen molar-refractivity contribution in [2.45, 2.75) is 0 Å². The Balaban J connectivity index is 3.46. The smallest absolute Gasteiger partial charge is 0.187 e. The van der Waals surface area contributed by atoms with E-state index in [1.807, 2.05) is 0 Å². The Hall–Kier alpha value is -0.670. The maximum Gasteiger partial charge on any atom is 0.187 e. The zero-order chi connectivity index (χ0) is 8.59. The summed E-state index contributed by atoms with van der Waals surface area (Å²) in [6.45, 7) is 0. The summed E-state index contributed by atoms with van der Waals surface area (Å²) in [7, 11) is 0. The quantitative estimate of drug-likeness (QED) is 0.380. The number of phenolic OH excluding ortho intramolecular Hbond substituents is 1. The number of aromatic hydroxyl groups is 1. The topological polar surface area (TPSA) is 46.2 Å². The molecule has 0 aromatic heterocycles. The van der Waals surface area contributed by atoms with E-state index in [1.165, 1.54) is 6.07 Å². The molecule has 0 heterocycles. The first-order valence-corrected chi connectivity index (χ1v) is 3.41. The SMILES string of the molecule is Nc1cc(Cl)c(O)c(F)c1Cl. The molecular weight excluding hydrogens is 192 g/mol. The van der Waals surface area contributed by atoms with Crippen molar-refractivity contribution in [2.75, 3.05) is 5.73 Å². The average molecular weight is 196 g/mol. The van der Waals surface area contributed by atoms with Crippen LogP contribution in [0.1, 0.15) is 0 Å². The Morgan fingerprint density at radius 1 is 1.45 bits per heavy atom. The van der Waals surface area contributed by atoms with Gasteiger partial charge in [-0.3, -0.25) is 0 Å². The van der Waals surface area contributed by atoms with Gasteiger partial charge in [0.05, 0.1) is 10.7 Å². The Morgan fingerprint density at radius 2 is 2.00 bits per heavy atom. The molecule has 0 unspecified atom stereocenters. The van der Waals surface area contributed by atoms with Crippen molar-refractivity contribution in [3.05, 3.63) is 21.9 Å². The molecule has 0 fully saturated rings. The van der Waals surface area contributed by atoms with E-state index in [0.717, 1.165) is 0 Å². The van der Waals surface area contributed by atoms with Crippen LogP contribution in [0.3, 0.4) is 0 Å². The molecule has 60 valence electrons. The second-order valence-electron chi connectivity index (χ2n) is 1.92. The van der Waals surface area contributed by atoms with E-state index < -0.39 is 11.6 Å². The molecule has 0 aliphatic heterocycles. The number of nitrogen functional groups attached to an aromatic ring is 1. The summed E-state index contributed by atoms with van der Waals surface area (Å²) < 4.78 is 12.7. The fourth-order valence-corrected chi connectivity index (χ4v) is 0.948. The molecule has 1 aromatic rings. The van der Waals surface area contributed by atoms with Crippen LogP contribution in [0, 0.1) is 5.82 Å². The van der Waals surface area contributed by atoms with Crippen molar-refractivity contribution in [3.8, 4) is 5.75 Å². The van der Waals surface area contributed by atoms with Crippen LogP contribution in [0.15, 0.2) is 6.07 Å². The Labute approximate surface area is 72.3 Å². The molecule has 1 rings (SSSR count). The van der Waals surface area contributed by atoms with Crippen LogP contribution in [0.2, 0.25) is 10.0 Å². The van der Waals surface area contributed by atoms with Crippen molar-refractivity contribution in [2.24, 2.45) is 0 Å². The summed E-state index contributed by atoms with van der Waals surface area (Å²) in [4.78, 5) is 0. The van der Waals surface area contributed by atoms with Gasteiger partial charge in [0.15, 0.2) is 11.6 Å². The highest BCUT2D eigenvalue weighted by atomic mass is 35.5. The molecule has 0 saturated heterocycles. The number of anilines is 1. The van der Waals surface area contributed by atoms with Crippen LogP contribution in [-0.4, -0.2) is 5.11 Å². The number of benzene rings is 1. The van der Waals surface area contributed by atoms with E-state index in [0.29, 0.717) is 0 Å². The van der Waals surface area contributed by atoms with Crippen molar-refractivity contribution in [3.63, 3.8) is 0 Å². The third kappa shape index (κ3) is 1.34. The monoisotopic (exact) mass is 195 g/mol. The highest BCUT2D eigenvalue weighted by molar-refractivity contribution is 6.36. The zero-order valence-corrected chi connectivity index (χ0v) is 6.75. The van der Waals surface area contributed by atoms with Gasteiger partial charge in [-0.05, 0) is 6.07 Å². The third-order valence-corrected chi connectivity index (χ3v) is 1.83. The molecule has 0 atom stereocenters. The van der Waals surface area contributed by atoms with Crippen molar-refractivity contribution in [1.82, 2.24) is 0 Å². The lowest BCUT2D eigenvalue weighted by molar-refractivity contribution is 0.433. The van der Waals surface area contributed by atoms with E-state index in [-0.39, 0.29) is 15.7 Å². The number of hydrogen-bond donors (Lipinski definition) is 2. The summed E-state index contributed by atoms with van der Waals surface area (Å²) in [5.74, 6) is -1.66. The average Bonchev–Trinajstić information content (AvgIpc) is 1.97. The summed E-state index contributed by atoms with van der Waals surface area (Å²) in [5.41, 5.74) is 5.23. The van der Waals surface area contributed by atoms with Gasteiger partial charge in [-0.25, -0.2) is 4.39 Å². The van der Waals surface area contributed by atoms with Crippen LogP contribution in [-0.2, 0) is 0 Å². The first-order valence-electron chi connectivity index (χ1n) is 2.66. The number of hydrogen-bond acceptors (Lipinski definition) is 2. The van der Waals surface area contributed by atoms with Crippen molar-refractivity contribution >= 4 is 28.9 Å². The molecule has 0 radical (unpaired) electrons. The minimum atomic E-state index is -0.989. The number of phenols is 1. The van der Waals surface area contributed by atoms with Gasteiger partial charge in [0.2, 0.25) is 0 Å². The molecular formula is C6H4Cl2FNO. The largest absolute Gasteiger partial charge is 0.504 e. The predicted molar refractivity (Wildman–Crippen MR) is 42.5 cm³/mol. The van der Waals surface area contributed by atoms with Gasteiger partial charge in [-0.1, -0.05) is 23.2 Å². The minimum Gasteiger partial charge on any atom is -0.504 e. The van der Waals surface area contributed by atoms with E-state index in [4.69, 9.17) is 34.0 Å². The van der Waals surface area contributed by atoms with E-state index in [2.05, 4.69) is 0 Å². The number of halogens is 3. The molecule has 1 aromatic carbocycles. The Morgan fingerprint density at radius 3 is 2.55 bits per heavy atom. The van der Waals surface area contributed by atoms with Gasteiger partial charge >= 0.3 is 0 Å². The predicted octanol–water partition coefficient (Wildman–Crippen LogP) is 2.42. The maximum absolute atomic E-state index is 12.7. The molecule has 0 aliphatic carbocycles. The van der Waals surface area contributed by atoms with E-state index in [9.17, 15) is 4.39 Å². The zero-order valence-electron chi connectivity index (χ0n) is 5.24.